The highest BCUT2D eigenvalue weighted by atomic mass is 16.4. The molecule has 0 unspecified atom stereocenters. The minimum atomic E-state index is -0.750. The van der Waals surface area contributed by atoms with Gasteiger partial charge < -0.3 is 15.7 Å². The van der Waals surface area contributed by atoms with Gasteiger partial charge in [-0.15, -0.1) is 12.3 Å². The summed E-state index contributed by atoms with van der Waals surface area (Å²) in [5.41, 5.74) is 0. The average Bonchev–Trinajstić information content (AvgIpc) is 2.33. The minimum Gasteiger partial charge on any atom is -0.481 e. The Morgan fingerprint density at radius 1 is 1.00 bits per heavy atom. The van der Waals surface area contributed by atoms with Crippen LogP contribution in [0.15, 0.2) is 0 Å². The van der Waals surface area contributed by atoms with E-state index in [0.29, 0.717) is 25.9 Å². The van der Waals surface area contributed by atoms with Crippen LogP contribution in [0.1, 0.15) is 44.9 Å². The molecule has 0 atom stereocenters. The molecule has 18 heavy (non-hydrogen) atoms. The topological polar surface area (TPSA) is 78.4 Å². The predicted octanol–water partition coefficient (Wildman–Crippen LogP) is 1.73. The lowest BCUT2D eigenvalue weighted by Gasteiger charge is -2.06. The van der Waals surface area contributed by atoms with Gasteiger partial charge in [-0.2, -0.15) is 0 Å². The van der Waals surface area contributed by atoms with Gasteiger partial charge in [0.25, 0.3) is 0 Å². The summed E-state index contributed by atoms with van der Waals surface area (Å²) in [5.74, 6) is 1.76. The molecular weight excluding hydrogens is 232 g/mol. The third-order valence-electron chi connectivity index (χ3n) is 2.39. The quantitative estimate of drug-likeness (QED) is 0.410. The summed E-state index contributed by atoms with van der Waals surface area (Å²) in [5, 5.41) is 13.9. The number of amides is 2. The molecule has 0 bridgehead atoms. The fourth-order valence-corrected chi connectivity index (χ4v) is 1.41. The second kappa shape index (κ2) is 11.8. The van der Waals surface area contributed by atoms with E-state index in [1.54, 1.807) is 0 Å². The van der Waals surface area contributed by atoms with Crippen LogP contribution < -0.4 is 10.6 Å². The van der Waals surface area contributed by atoms with Crippen molar-refractivity contribution in [3.63, 3.8) is 0 Å². The summed E-state index contributed by atoms with van der Waals surface area (Å²) in [6.45, 7) is 1.21. The fraction of sp³-hybridized carbons (Fsp3) is 0.692. The molecule has 0 aromatic carbocycles. The lowest BCUT2D eigenvalue weighted by molar-refractivity contribution is -0.137. The van der Waals surface area contributed by atoms with Crippen LogP contribution in [0.4, 0.5) is 4.79 Å². The second-order valence-electron chi connectivity index (χ2n) is 4.05. The Labute approximate surface area is 108 Å². The maximum Gasteiger partial charge on any atom is 0.314 e. The Bertz CT molecular complexity index is 284. The standard InChI is InChI=1S/C13H22N2O3/c1-2-3-7-10-14-13(18)15-11-8-5-4-6-9-12(16)17/h1H,3-11H2,(H,16,17)(H2,14,15,18). The van der Waals surface area contributed by atoms with E-state index in [0.717, 1.165) is 25.7 Å². The number of rotatable bonds is 10. The lowest BCUT2D eigenvalue weighted by Crippen LogP contribution is -2.36. The SMILES string of the molecule is C#CCCCNC(=O)NCCCCCCC(=O)O. The van der Waals surface area contributed by atoms with E-state index in [1.807, 2.05) is 0 Å². The van der Waals surface area contributed by atoms with Gasteiger partial charge in [-0.3, -0.25) is 4.79 Å². The Kier molecular flexibility index (Phi) is 10.7. The summed E-state index contributed by atoms with van der Waals surface area (Å²) in [6.07, 6.45) is 10.2. The Balaban J connectivity index is 3.20. The molecule has 0 rings (SSSR count). The van der Waals surface area contributed by atoms with E-state index in [2.05, 4.69) is 16.6 Å². The zero-order valence-electron chi connectivity index (χ0n) is 10.7. The van der Waals surface area contributed by atoms with Crippen molar-refractivity contribution in [1.29, 1.82) is 0 Å². The highest BCUT2D eigenvalue weighted by molar-refractivity contribution is 5.73. The van der Waals surface area contributed by atoms with Gasteiger partial charge >= 0.3 is 12.0 Å². The number of unbranched alkanes of at least 4 members (excludes halogenated alkanes) is 4. The van der Waals surface area contributed by atoms with E-state index in [4.69, 9.17) is 11.5 Å². The van der Waals surface area contributed by atoms with Crippen molar-refractivity contribution in [1.82, 2.24) is 10.6 Å². The van der Waals surface area contributed by atoms with E-state index >= 15 is 0 Å². The summed E-state index contributed by atoms with van der Waals surface area (Å²) < 4.78 is 0. The number of carboxylic acids is 1. The van der Waals surface area contributed by atoms with Crippen LogP contribution in [0.3, 0.4) is 0 Å². The number of carbonyl (C=O) groups excluding carboxylic acids is 1. The first kappa shape index (κ1) is 16.3. The molecule has 2 amide bonds. The Morgan fingerprint density at radius 2 is 1.61 bits per heavy atom. The maximum absolute atomic E-state index is 11.2. The summed E-state index contributed by atoms with van der Waals surface area (Å²) in [6, 6.07) is -0.169. The second-order valence-corrected chi connectivity index (χ2v) is 4.05. The van der Waals surface area contributed by atoms with Crippen molar-refractivity contribution < 1.29 is 14.7 Å². The van der Waals surface area contributed by atoms with Crippen molar-refractivity contribution in [3.8, 4) is 12.3 Å². The smallest absolute Gasteiger partial charge is 0.314 e. The third kappa shape index (κ3) is 12.4. The third-order valence-corrected chi connectivity index (χ3v) is 2.39. The Morgan fingerprint density at radius 3 is 2.22 bits per heavy atom. The normalized spacial score (nSPS) is 9.50. The number of carbonyl (C=O) groups is 2. The zero-order valence-corrected chi connectivity index (χ0v) is 10.7. The van der Waals surface area contributed by atoms with Crippen LogP contribution in [0.25, 0.3) is 0 Å². The number of hydrogen-bond donors (Lipinski definition) is 3. The molecule has 0 fully saturated rings. The van der Waals surface area contributed by atoms with Crippen LogP contribution in [-0.4, -0.2) is 30.2 Å². The van der Waals surface area contributed by atoms with Gasteiger partial charge in [-0.25, -0.2) is 4.79 Å². The highest BCUT2D eigenvalue weighted by Gasteiger charge is 1.99. The predicted molar refractivity (Wildman–Crippen MR) is 70.2 cm³/mol. The van der Waals surface area contributed by atoms with E-state index in [-0.39, 0.29) is 12.5 Å². The fourth-order valence-electron chi connectivity index (χ4n) is 1.41. The molecule has 0 aromatic heterocycles. The largest absolute Gasteiger partial charge is 0.481 e. The van der Waals surface area contributed by atoms with Crippen LogP contribution >= 0.6 is 0 Å². The van der Waals surface area contributed by atoms with Gasteiger partial charge in [0.2, 0.25) is 0 Å². The van der Waals surface area contributed by atoms with E-state index in [9.17, 15) is 9.59 Å². The monoisotopic (exact) mass is 254 g/mol. The molecule has 0 aromatic rings. The van der Waals surface area contributed by atoms with Gasteiger partial charge in [0.05, 0.1) is 0 Å². The molecule has 0 saturated carbocycles. The van der Waals surface area contributed by atoms with Crippen LogP contribution in [0.5, 0.6) is 0 Å². The van der Waals surface area contributed by atoms with Gasteiger partial charge in [0.1, 0.15) is 0 Å². The molecule has 5 heteroatoms. The summed E-state index contributed by atoms with van der Waals surface area (Å²) in [7, 11) is 0. The number of aliphatic carboxylic acids is 1. The molecule has 5 nitrogen and oxygen atoms in total. The van der Waals surface area contributed by atoms with Crippen molar-refractivity contribution in [2.24, 2.45) is 0 Å². The number of hydrogen-bond acceptors (Lipinski definition) is 2. The van der Waals surface area contributed by atoms with Crippen LogP contribution in [0, 0.1) is 12.3 Å². The molecule has 0 saturated heterocycles. The summed E-state index contributed by atoms with van der Waals surface area (Å²) in [4.78, 5) is 21.5. The first-order valence-electron chi connectivity index (χ1n) is 6.33. The highest BCUT2D eigenvalue weighted by Crippen LogP contribution is 2.01. The van der Waals surface area contributed by atoms with E-state index < -0.39 is 5.97 Å². The number of terminal acetylenes is 1. The molecule has 0 aliphatic carbocycles. The number of nitrogens with one attached hydrogen (secondary N) is 2. The lowest BCUT2D eigenvalue weighted by atomic mass is 10.1. The Hall–Kier alpha value is -1.70. The average molecular weight is 254 g/mol. The van der Waals surface area contributed by atoms with Gasteiger partial charge in [-0.05, 0) is 19.3 Å². The van der Waals surface area contributed by atoms with Gasteiger partial charge in [0, 0.05) is 25.9 Å². The minimum absolute atomic E-state index is 0.169. The molecule has 0 heterocycles. The van der Waals surface area contributed by atoms with Gasteiger partial charge in [-0.1, -0.05) is 12.8 Å². The van der Waals surface area contributed by atoms with Crippen molar-refractivity contribution >= 4 is 12.0 Å². The molecule has 3 N–H and O–H groups in total. The maximum atomic E-state index is 11.2. The zero-order chi connectivity index (χ0) is 13.6. The number of carboxylic acid groups (broad SMARTS) is 1. The molecule has 0 radical (unpaired) electrons. The molecular formula is C13H22N2O3. The van der Waals surface area contributed by atoms with Crippen LogP contribution in [-0.2, 0) is 4.79 Å². The summed E-state index contributed by atoms with van der Waals surface area (Å²) >= 11 is 0. The molecule has 0 aliphatic heterocycles. The van der Waals surface area contributed by atoms with Crippen molar-refractivity contribution in [2.45, 2.75) is 44.9 Å². The van der Waals surface area contributed by atoms with E-state index in [1.165, 1.54) is 0 Å². The first-order chi connectivity index (χ1) is 8.66. The molecule has 0 spiro atoms. The van der Waals surface area contributed by atoms with Crippen molar-refractivity contribution in [3.05, 3.63) is 0 Å². The molecule has 102 valence electrons. The van der Waals surface area contributed by atoms with Gasteiger partial charge in [0.15, 0.2) is 0 Å². The number of urea groups is 1. The van der Waals surface area contributed by atoms with Crippen LogP contribution in [0.2, 0.25) is 0 Å². The first-order valence-corrected chi connectivity index (χ1v) is 6.33. The van der Waals surface area contributed by atoms with Crippen molar-refractivity contribution in [2.75, 3.05) is 13.1 Å². The molecule has 0 aliphatic rings.